The topological polar surface area (TPSA) is 58.0 Å². The number of hydrogen-bond acceptors (Lipinski definition) is 4. The quantitative estimate of drug-likeness (QED) is 0.848. The lowest BCUT2D eigenvalue weighted by Gasteiger charge is -2.30. The molecule has 1 aromatic heterocycles. The van der Waals surface area contributed by atoms with Crippen LogP contribution < -0.4 is 5.32 Å². The van der Waals surface area contributed by atoms with Crippen molar-refractivity contribution >= 4 is 17.4 Å². The van der Waals surface area contributed by atoms with Crippen LogP contribution in [0, 0.1) is 0 Å². The van der Waals surface area contributed by atoms with Gasteiger partial charge in [-0.1, -0.05) is 41.9 Å². The fraction of sp³-hybridized carbons (Fsp3) is 0.333. The molecule has 2 N–H and O–H groups in total. The van der Waals surface area contributed by atoms with Crippen LogP contribution in [0.15, 0.2) is 36.4 Å². The zero-order valence-electron chi connectivity index (χ0n) is 11.8. The molecular formula is C15H18ClN3O. The molecule has 2 rings (SSSR count). The van der Waals surface area contributed by atoms with Crippen LogP contribution in [0.4, 0.5) is 5.82 Å². The summed E-state index contributed by atoms with van der Waals surface area (Å²) in [7, 11) is 0. The van der Waals surface area contributed by atoms with Crippen molar-refractivity contribution in [2.24, 2.45) is 0 Å². The van der Waals surface area contributed by atoms with Gasteiger partial charge in [-0.3, -0.25) is 0 Å². The molecule has 2 aromatic rings. The highest BCUT2D eigenvalue weighted by atomic mass is 35.5. The molecule has 0 saturated heterocycles. The third-order valence-corrected chi connectivity index (χ3v) is 3.42. The van der Waals surface area contributed by atoms with Crippen LogP contribution in [-0.4, -0.2) is 26.7 Å². The Morgan fingerprint density at radius 1 is 1.20 bits per heavy atom. The lowest BCUT2D eigenvalue weighted by atomic mass is 9.99. The summed E-state index contributed by atoms with van der Waals surface area (Å²) >= 11 is 6.05. The lowest BCUT2D eigenvalue weighted by molar-refractivity contribution is 0.133. The Morgan fingerprint density at radius 2 is 1.85 bits per heavy atom. The van der Waals surface area contributed by atoms with Crippen molar-refractivity contribution in [2.45, 2.75) is 32.4 Å². The van der Waals surface area contributed by atoms with E-state index >= 15 is 0 Å². The maximum atomic E-state index is 9.76. The highest BCUT2D eigenvalue weighted by molar-refractivity contribution is 6.29. The molecule has 20 heavy (non-hydrogen) atoms. The summed E-state index contributed by atoms with van der Waals surface area (Å²) in [5, 5.41) is 13.3. The number of rotatable bonds is 4. The second-order valence-corrected chi connectivity index (χ2v) is 5.68. The second-order valence-electron chi connectivity index (χ2n) is 5.29. The maximum absolute atomic E-state index is 9.76. The van der Waals surface area contributed by atoms with Crippen molar-refractivity contribution in [3.63, 3.8) is 0 Å². The predicted octanol–water partition coefficient (Wildman–Crippen LogP) is 3.37. The normalized spacial score (nSPS) is 13.1. The minimum Gasteiger partial charge on any atom is -0.391 e. The lowest BCUT2D eigenvalue weighted by Crippen LogP contribution is -2.42. The maximum Gasteiger partial charge on any atom is 0.163 e. The SMILES string of the molecule is CC(O)C(C)(C)Nc1cc(Cl)nc(-c2ccccc2)n1. The molecule has 1 atom stereocenters. The molecule has 0 radical (unpaired) electrons. The Morgan fingerprint density at radius 3 is 2.45 bits per heavy atom. The first-order chi connectivity index (χ1) is 9.38. The van der Waals surface area contributed by atoms with Gasteiger partial charge in [-0.2, -0.15) is 0 Å². The van der Waals surface area contributed by atoms with E-state index in [9.17, 15) is 5.11 Å². The van der Waals surface area contributed by atoms with Gasteiger partial charge in [0.1, 0.15) is 11.0 Å². The third kappa shape index (κ3) is 3.46. The number of halogens is 1. The van der Waals surface area contributed by atoms with E-state index < -0.39 is 11.6 Å². The Bertz CT molecular complexity index is 585. The van der Waals surface area contributed by atoms with Crippen molar-refractivity contribution in [3.05, 3.63) is 41.6 Å². The van der Waals surface area contributed by atoms with Crippen LogP contribution in [-0.2, 0) is 0 Å². The van der Waals surface area contributed by atoms with Gasteiger partial charge in [0, 0.05) is 11.6 Å². The van der Waals surface area contributed by atoms with Crippen molar-refractivity contribution < 1.29 is 5.11 Å². The van der Waals surface area contributed by atoms with Gasteiger partial charge in [-0.25, -0.2) is 9.97 Å². The van der Waals surface area contributed by atoms with Gasteiger partial charge < -0.3 is 10.4 Å². The fourth-order valence-electron chi connectivity index (χ4n) is 1.63. The average molecular weight is 292 g/mol. The Labute approximate surface area is 123 Å². The van der Waals surface area contributed by atoms with Crippen LogP contribution in [0.25, 0.3) is 11.4 Å². The van der Waals surface area contributed by atoms with E-state index in [0.717, 1.165) is 5.56 Å². The zero-order valence-corrected chi connectivity index (χ0v) is 12.5. The van der Waals surface area contributed by atoms with E-state index in [-0.39, 0.29) is 0 Å². The summed E-state index contributed by atoms with van der Waals surface area (Å²) in [4.78, 5) is 8.68. The van der Waals surface area contributed by atoms with E-state index in [4.69, 9.17) is 11.6 Å². The Kier molecular flexibility index (Phi) is 4.26. The first-order valence-electron chi connectivity index (χ1n) is 6.45. The molecule has 0 amide bonds. The molecule has 0 aliphatic heterocycles. The van der Waals surface area contributed by atoms with Gasteiger partial charge in [-0.05, 0) is 20.8 Å². The Balaban J connectivity index is 2.35. The molecule has 0 spiro atoms. The fourth-order valence-corrected chi connectivity index (χ4v) is 1.82. The molecule has 1 heterocycles. The first-order valence-corrected chi connectivity index (χ1v) is 6.82. The number of hydrogen-bond donors (Lipinski definition) is 2. The molecule has 0 saturated carbocycles. The highest BCUT2D eigenvalue weighted by Crippen LogP contribution is 2.23. The molecule has 4 nitrogen and oxygen atoms in total. The molecule has 0 aliphatic rings. The van der Waals surface area contributed by atoms with Crippen LogP contribution >= 0.6 is 11.6 Å². The standard InChI is InChI=1S/C15H18ClN3O/c1-10(20)15(2,3)19-13-9-12(16)17-14(18-13)11-7-5-4-6-8-11/h4-10,20H,1-3H3,(H,17,18,19). The minimum absolute atomic E-state index is 0.364. The number of aliphatic hydroxyl groups excluding tert-OH is 1. The zero-order chi connectivity index (χ0) is 14.8. The van der Waals surface area contributed by atoms with E-state index in [1.165, 1.54) is 0 Å². The van der Waals surface area contributed by atoms with Gasteiger partial charge >= 0.3 is 0 Å². The molecule has 106 valence electrons. The highest BCUT2D eigenvalue weighted by Gasteiger charge is 2.24. The molecule has 0 fully saturated rings. The largest absolute Gasteiger partial charge is 0.391 e. The first kappa shape index (κ1) is 14.8. The molecule has 1 unspecified atom stereocenters. The van der Waals surface area contributed by atoms with Gasteiger partial charge in [-0.15, -0.1) is 0 Å². The monoisotopic (exact) mass is 291 g/mol. The summed E-state index contributed by atoms with van der Waals surface area (Å²) in [6.45, 7) is 5.53. The van der Waals surface area contributed by atoms with Crippen LogP contribution in [0.5, 0.6) is 0 Å². The van der Waals surface area contributed by atoms with Crippen LogP contribution in [0.2, 0.25) is 5.15 Å². The number of aromatic nitrogens is 2. The predicted molar refractivity (Wildman–Crippen MR) is 81.9 cm³/mol. The molecular weight excluding hydrogens is 274 g/mol. The van der Waals surface area contributed by atoms with Crippen molar-refractivity contribution in [2.75, 3.05) is 5.32 Å². The molecule has 1 aromatic carbocycles. The van der Waals surface area contributed by atoms with E-state index in [1.807, 2.05) is 44.2 Å². The molecule has 5 heteroatoms. The summed E-state index contributed by atoms with van der Waals surface area (Å²) < 4.78 is 0. The van der Waals surface area contributed by atoms with Crippen molar-refractivity contribution in [3.8, 4) is 11.4 Å². The van der Waals surface area contributed by atoms with Gasteiger partial charge in [0.2, 0.25) is 0 Å². The number of aliphatic hydroxyl groups is 1. The van der Waals surface area contributed by atoms with Gasteiger partial charge in [0.05, 0.1) is 11.6 Å². The van der Waals surface area contributed by atoms with Crippen LogP contribution in [0.1, 0.15) is 20.8 Å². The molecule has 0 bridgehead atoms. The van der Waals surface area contributed by atoms with E-state index in [1.54, 1.807) is 13.0 Å². The van der Waals surface area contributed by atoms with E-state index in [0.29, 0.717) is 16.8 Å². The van der Waals surface area contributed by atoms with E-state index in [2.05, 4.69) is 15.3 Å². The van der Waals surface area contributed by atoms with Gasteiger partial charge in [0.25, 0.3) is 0 Å². The molecule has 0 aliphatic carbocycles. The number of nitrogens with one attached hydrogen (secondary N) is 1. The smallest absolute Gasteiger partial charge is 0.163 e. The number of nitrogens with zero attached hydrogens (tertiary/aromatic N) is 2. The minimum atomic E-state index is -0.531. The van der Waals surface area contributed by atoms with Crippen molar-refractivity contribution in [1.82, 2.24) is 9.97 Å². The van der Waals surface area contributed by atoms with Crippen LogP contribution in [0.3, 0.4) is 0 Å². The average Bonchev–Trinajstić information content (AvgIpc) is 2.38. The number of anilines is 1. The summed E-state index contributed by atoms with van der Waals surface area (Å²) in [6, 6.07) is 11.3. The number of benzene rings is 1. The second kappa shape index (κ2) is 5.77. The Hall–Kier alpha value is -1.65. The summed E-state index contributed by atoms with van der Waals surface area (Å²) in [5.74, 6) is 1.15. The third-order valence-electron chi connectivity index (χ3n) is 3.22. The van der Waals surface area contributed by atoms with Crippen molar-refractivity contribution in [1.29, 1.82) is 0 Å². The summed E-state index contributed by atoms with van der Waals surface area (Å²) in [5.41, 5.74) is 0.388. The summed E-state index contributed by atoms with van der Waals surface area (Å²) in [6.07, 6.45) is -0.531. The van der Waals surface area contributed by atoms with Gasteiger partial charge in [0.15, 0.2) is 5.82 Å².